The van der Waals surface area contributed by atoms with Gasteiger partial charge in [0.2, 0.25) is 5.91 Å². The third-order valence-electron chi connectivity index (χ3n) is 3.06. The minimum absolute atomic E-state index is 0.0793. The van der Waals surface area contributed by atoms with Gasteiger partial charge in [0, 0.05) is 11.8 Å². The van der Waals surface area contributed by atoms with E-state index in [2.05, 4.69) is 19.2 Å². The van der Waals surface area contributed by atoms with Gasteiger partial charge in [0.15, 0.2) is 0 Å². The van der Waals surface area contributed by atoms with Gasteiger partial charge in [-0.25, -0.2) is 0 Å². The lowest BCUT2D eigenvalue weighted by molar-refractivity contribution is -0.126. The summed E-state index contributed by atoms with van der Waals surface area (Å²) in [6.45, 7) is 8.08. The number of nitrogens with one attached hydrogen (secondary N) is 1. The summed E-state index contributed by atoms with van der Waals surface area (Å²) in [5.41, 5.74) is -0.206. The average Bonchev–Trinajstić information content (AvgIpc) is 2.24. The molecule has 0 aromatic carbocycles. The molecule has 0 spiro atoms. The maximum Gasteiger partial charge on any atom is 0.223 e. The van der Waals surface area contributed by atoms with Crippen LogP contribution in [-0.2, 0) is 4.79 Å². The van der Waals surface area contributed by atoms with Gasteiger partial charge in [-0.05, 0) is 19.3 Å². The Morgan fingerprint density at radius 2 is 1.86 bits per heavy atom. The molecule has 0 radical (unpaired) electrons. The summed E-state index contributed by atoms with van der Waals surface area (Å²) in [6.07, 6.45) is 2.64. The highest BCUT2D eigenvalue weighted by Gasteiger charge is 2.28. The zero-order valence-electron chi connectivity index (χ0n) is 9.69. The Labute approximate surface area is 92.4 Å². The second-order valence-electron chi connectivity index (χ2n) is 3.92. The quantitative estimate of drug-likeness (QED) is 0.684. The highest BCUT2D eigenvalue weighted by atomic mass is 35.5. The van der Waals surface area contributed by atoms with Gasteiger partial charge in [-0.2, -0.15) is 0 Å². The number of hydrogen-bond donors (Lipinski definition) is 1. The first-order chi connectivity index (χ1) is 6.55. The van der Waals surface area contributed by atoms with Crippen LogP contribution in [0.4, 0.5) is 0 Å². The summed E-state index contributed by atoms with van der Waals surface area (Å²) in [7, 11) is 0. The monoisotopic (exact) mass is 219 g/mol. The van der Waals surface area contributed by atoms with E-state index in [1.54, 1.807) is 0 Å². The van der Waals surface area contributed by atoms with Gasteiger partial charge < -0.3 is 5.32 Å². The maximum absolute atomic E-state index is 11.7. The fraction of sp³-hybridized carbons (Fsp3) is 0.909. The molecule has 0 aliphatic heterocycles. The van der Waals surface area contributed by atoms with Gasteiger partial charge in [-0.3, -0.25) is 4.79 Å². The average molecular weight is 220 g/mol. The summed E-state index contributed by atoms with van der Waals surface area (Å²) >= 11 is 5.90. The van der Waals surface area contributed by atoms with Crippen molar-refractivity contribution in [3.63, 3.8) is 0 Å². The van der Waals surface area contributed by atoms with Gasteiger partial charge in [0.25, 0.3) is 0 Å². The van der Waals surface area contributed by atoms with Crippen LogP contribution in [0.2, 0.25) is 0 Å². The SMILES string of the molecule is CCC(C)C(=O)NC(CC)(CC)CCl. The molecule has 0 aromatic rings. The maximum atomic E-state index is 11.7. The molecule has 0 saturated heterocycles. The van der Waals surface area contributed by atoms with Crippen molar-refractivity contribution in [3.05, 3.63) is 0 Å². The van der Waals surface area contributed by atoms with Crippen molar-refractivity contribution >= 4 is 17.5 Å². The minimum atomic E-state index is -0.206. The lowest BCUT2D eigenvalue weighted by atomic mass is 9.94. The van der Waals surface area contributed by atoms with Gasteiger partial charge >= 0.3 is 0 Å². The molecule has 14 heavy (non-hydrogen) atoms. The molecule has 0 saturated carbocycles. The van der Waals surface area contributed by atoms with Crippen LogP contribution in [-0.4, -0.2) is 17.3 Å². The van der Waals surface area contributed by atoms with Gasteiger partial charge in [0.05, 0.1) is 5.54 Å². The second-order valence-corrected chi connectivity index (χ2v) is 4.19. The van der Waals surface area contributed by atoms with Crippen LogP contribution in [0.15, 0.2) is 0 Å². The molecule has 0 rings (SSSR count). The molecule has 0 fully saturated rings. The van der Waals surface area contributed by atoms with E-state index in [1.807, 2.05) is 13.8 Å². The smallest absolute Gasteiger partial charge is 0.223 e. The van der Waals surface area contributed by atoms with Crippen LogP contribution in [0.3, 0.4) is 0 Å². The van der Waals surface area contributed by atoms with E-state index < -0.39 is 0 Å². The summed E-state index contributed by atoms with van der Waals surface area (Å²) in [5.74, 6) is 0.690. The van der Waals surface area contributed by atoms with Crippen LogP contribution < -0.4 is 5.32 Å². The summed E-state index contributed by atoms with van der Waals surface area (Å²) < 4.78 is 0. The Bertz CT molecular complexity index is 170. The zero-order valence-corrected chi connectivity index (χ0v) is 10.4. The highest BCUT2D eigenvalue weighted by Crippen LogP contribution is 2.18. The molecule has 1 amide bonds. The number of rotatable bonds is 6. The normalized spacial score (nSPS) is 13.8. The van der Waals surface area contributed by atoms with E-state index in [-0.39, 0.29) is 17.4 Å². The van der Waals surface area contributed by atoms with Crippen molar-refractivity contribution in [2.75, 3.05) is 5.88 Å². The largest absolute Gasteiger partial charge is 0.349 e. The summed E-state index contributed by atoms with van der Waals surface area (Å²) in [6, 6.07) is 0. The van der Waals surface area contributed by atoms with E-state index in [4.69, 9.17) is 11.6 Å². The van der Waals surface area contributed by atoms with E-state index in [0.717, 1.165) is 19.3 Å². The number of carbonyl (C=O) groups is 1. The number of halogens is 1. The summed E-state index contributed by atoms with van der Waals surface area (Å²) in [4.78, 5) is 11.7. The first kappa shape index (κ1) is 13.8. The van der Waals surface area contributed by atoms with Gasteiger partial charge in [-0.1, -0.05) is 27.7 Å². The van der Waals surface area contributed by atoms with Crippen LogP contribution in [0.5, 0.6) is 0 Å². The highest BCUT2D eigenvalue weighted by molar-refractivity contribution is 6.18. The van der Waals surface area contributed by atoms with Crippen LogP contribution >= 0.6 is 11.6 Å². The summed E-state index contributed by atoms with van der Waals surface area (Å²) in [5, 5.41) is 3.06. The van der Waals surface area contributed by atoms with Crippen molar-refractivity contribution in [2.45, 2.75) is 52.5 Å². The van der Waals surface area contributed by atoms with E-state index in [1.165, 1.54) is 0 Å². The number of amides is 1. The predicted molar refractivity (Wildman–Crippen MR) is 61.6 cm³/mol. The molecular weight excluding hydrogens is 198 g/mol. The fourth-order valence-corrected chi connectivity index (χ4v) is 1.66. The fourth-order valence-electron chi connectivity index (χ4n) is 1.22. The molecule has 2 nitrogen and oxygen atoms in total. The molecule has 0 heterocycles. The lowest BCUT2D eigenvalue weighted by Crippen LogP contribution is -2.50. The third kappa shape index (κ3) is 3.49. The van der Waals surface area contributed by atoms with Crippen molar-refractivity contribution in [1.29, 1.82) is 0 Å². The van der Waals surface area contributed by atoms with Crippen LogP contribution in [0.25, 0.3) is 0 Å². The molecular formula is C11H22ClNO. The Kier molecular flexibility index (Phi) is 6.17. The Balaban J connectivity index is 4.37. The van der Waals surface area contributed by atoms with Crippen LogP contribution in [0.1, 0.15) is 47.0 Å². The molecule has 1 unspecified atom stereocenters. The van der Waals surface area contributed by atoms with Crippen molar-refractivity contribution in [1.82, 2.24) is 5.32 Å². The topological polar surface area (TPSA) is 29.1 Å². The number of alkyl halides is 1. The standard InChI is InChI=1S/C11H22ClNO/c1-5-9(4)10(14)13-11(6-2,7-3)8-12/h9H,5-8H2,1-4H3,(H,13,14). The first-order valence-electron chi connectivity index (χ1n) is 5.43. The van der Waals surface area contributed by atoms with Crippen LogP contribution in [0, 0.1) is 5.92 Å². The molecule has 3 heteroatoms. The molecule has 1 atom stereocenters. The molecule has 0 aliphatic carbocycles. The van der Waals surface area contributed by atoms with E-state index in [9.17, 15) is 4.79 Å². The molecule has 1 N–H and O–H groups in total. The predicted octanol–water partition coefficient (Wildman–Crippen LogP) is 2.95. The van der Waals surface area contributed by atoms with E-state index >= 15 is 0 Å². The van der Waals surface area contributed by atoms with Gasteiger partial charge in [-0.15, -0.1) is 11.6 Å². The molecule has 0 aromatic heterocycles. The Morgan fingerprint density at radius 1 is 1.36 bits per heavy atom. The molecule has 84 valence electrons. The van der Waals surface area contributed by atoms with E-state index in [0.29, 0.717) is 5.88 Å². The zero-order chi connectivity index (χ0) is 11.2. The van der Waals surface area contributed by atoms with Crippen molar-refractivity contribution in [3.8, 4) is 0 Å². The third-order valence-corrected chi connectivity index (χ3v) is 3.57. The van der Waals surface area contributed by atoms with Crippen molar-refractivity contribution in [2.24, 2.45) is 5.92 Å². The lowest BCUT2D eigenvalue weighted by Gasteiger charge is -2.31. The number of hydrogen-bond acceptors (Lipinski definition) is 1. The molecule has 0 bridgehead atoms. The molecule has 0 aliphatic rings. The first-order valence-corrected chi connectivity index (χ1v) is 5.96. The van der Waals surface area contributed by atoms with Gasteiger partial charge in [0.1, 0.15) is 0 Å². The minimum Gasteiger partial charge on any atom is -0.349 e. The number of carbonyl (C=O) groups excluding carboxylic acids is 1. The second kappa shape index (κ2) is 6.28. The Morgan fingerprint density at radius 3 is 2.14 bits per heavy atom. The van der Waals surface area contributed by atoms with Crippen molar-refractivity contribution < 1.29 is 4.79 Å². The Hall–Kier alpha value is -0.240.